The van der Waals surface area contributed by atoms with Gasteiger partial charge in [-0.15, -0.1) is 0 Å². The van der Waals surface area contributed by atoms with Gasteiger partial charge >= 0.3 is 0 Å². The van der Waals surface area contributed by atoms with Crippen LogP contribution in [0, 0.1) is 0 Å². The fraction of sp³-hybridized carbons (Fsp3) is 0.167. The molecule has 0 fully saturated rings. The van der Waals surface area contributed by atoms with Crippen molar-refractivity contribution in [1.29, 1.82) is 0 Å². The standard InChI is InChI=1S/C18H18N4O3S/c1-11(20-18-21-13-7-3-4-9-15(13)26-18)17(24)22-19-10-12-6-5-8-14(25-2)16(12)23/h3-11,23H,1-2H3,(H,20,21)(H,22,24)/b19-10+/t11-/m0/s1. The van der Waals surface area contributed by atoms with Crippen LogP contribution in [0.4, 0.5) is 5.13 Å². The molecule has 0 saturated heterocycles. The van der Waals surface area contributed by atoms with Crippen LogP contribution in [0.2, 0.25) is 0 Å². The van der Waals surface area contributed by atoms with Crippen molar-refractivity contribution in [3.63, 3.8) is 0 Å². The fourth-order valence-electron chi connectivity index (χ4n) is 2.26. The van der Waals surface area contributed by atoms with Crippen molar-refractivity contribution in [3.05, 3.63) is 48.0 Å². The number of anilines is 1. The number of benzene rings is 2. The number of hydrogen-bond donors (Lipinski definition) is 3. The first-order chi connectivity index (χ1) is 12.6. The summed E-state index contributed by atoms with van der Waals surface area (Å²) >= 11 is 1.48. The molecule has 0 unspecified atom stereocenters. The van der Waals surface area contributed by atoms with Crippen LogP contribution in [-0.2, 0) is 4.79 Å². The summed E-state index contributed by atoms with van der Waals surface area (Å²) in [5.74, 6) is -0.0114. The third kappa shape index (κ3) is 3.92. The molecule has 0 saturated carbocycles. The first kappa shape index (κ1) is 17.7. The van der Waals surface area contributed by atoms with E-state index in [1.165, 1.54) is 24.7 Å². The maximum absolute atomic E-state index is 12.2. The number of hydrogen-bond acceptors (Lipinski definition) is 7. The molecule has 0 spiro atoms. The Morgan fingerprint density at radius 1 is 1.31 bits per heavy atom. The van der Waals surface area contributed by atoms with Crippen LogP contribution in [0.15, 0.2) is 47.6 Å². The molecule has 0 bridgehead atoms. The third-order valence-corrected chi connectivity index (χ3v) is 4.62. The number of rotatable bonds is 6. The summed E-state index contributed by atoms with van der Waals surface area (Å²) in [6.07, 6.45) is 1.36. The highest BCUT2D eigenvalue weighted by atomic mass is 32.1. The van der Waals surface area contributed by atoms with Crippen molar-refractivity contribution in [2.75, 3.05) is 12.4 Å². The highest BCUT2D eigenvalue weighted by Gasteiger charge is 2.14. The largest absolute Gasteiger partial charge is 0.504 e. The number of aromatic nitrogens is 1. The van der Waals surface area contributed by atoms with E-state index in [1.54, 1.807) is 25.1 Å². The lowest BCUT2D eigenvalue weighted by Gasteiger charge is -2.10. The number of nitrogens with one attached hydrogen (secondary N) is 2. The minimum Gasteiger partial charge on any atom is -0.504 e. The van der Waals surface area contributed by atoms with Crippen LogP contribution in [0.3, 0.4) is 0 Å². The van der Waals surface area contributed by atoms with Gasteiger partial charge in [0.2, 0.25) is 0 Å². The van der Waals surface area contributed by atoms with E-state index in [2.05, 4.69) is 20.8 Å². The van der Waals surface area contributed by atoms with Gasteiger partial charge in [0.05, 0.1) is 23.5 Å². The van der Waals surface area contributed by atoms with Crippen LogP contribution < -0.4 is 15.5 Å². The molecular weight excluding hydrogens is 352 g/mol. The molecule has 7 nitrogen and oxygen atoms in total. The van der Waals surface area contributed by atoms with E-state index in [9.17, 15) is 9.90 Å². The number of phenolic OH excluding ortho intramolecular Hbond substituents is 1. The van der Waals surface area contributed by atoms with E-state index in [-0.39, 0.29) is 11.7 Å². The van der Waals surface area contributed by atoms with Crippen LogP contribution in [0.5, 0.6) is 11.5 Å². The maximum Gasteiger partial charge on any atom is 0.262 e. The highest BCUT2D eigenvalue weighted by molar-refractivity contribution is 7.22. The SMILES string of the molecule is COc1cccc(/C=N/NC(=O)[C@H](C)Nc2nc3ccccc3s2)c1O. The van der Waals surface area contributed by atoms with Gasteiger partial charge in [-0.3, -0.25) is 4.79 Å². The Morgan fingerprint density at radius 3 is 2.88 bits per heavy atom. The predicted molar refractivity (Wildman–Crippen MR) is 103 cm³/mol. The van der Waals surface area contributed by atoms with E-state index in [0.29, 0.717) is 16.4 Å². The summed E-state index contributed by atoms with van der Waals surface area (Å²) in [6, 6.07) is 12.3. The first-order valence-electron chi connectivity index (χ1n) is 7.89. The molecular formula is C18H18N4O3S. The van der Waals surface area contributed by atoms with Crippen LogP contribution in [-0.4, -0.2) is 35.4 Å². The predicted octanol–water partition coefficient (Wildman–Crippen LogP) is 2.96. The van der Waals surface area contributed by atoms with Crippen molar-refractivity contribution < 1.29 is 14.6 Å². The summed E-state index contributed by atoms with van der Waals surface area (Å²) in [5, 5.41) is 17.6. The number of fused-ring (bicyclic) bond motifs is 1. The lowest BCUT2D eigenvalue weighted by molar-refractivity contribution is -0.121. The number of thiazole rings is 1. The smallest absolute Gasteiger partial charge is 0.262 e. The monoisotopic (exact) mass is 370 g/mol. The zero-order valence-corrected chi connectivity index (χ0v) is 15.1. The van der Waals surface area contributed by atoms with E-state index < -0.39 is 6.04 Å². The van der Waals surface area contributed by atoms with Gasteiger partial charge < -0.3 is 15.2 Å². The Kier molecular flexibility index (Phi) is 5.33. The number of nitrogens with zero attached hydrogens (tertiary/aromatic N) is 2. The summed E-state index contributed by atoms with van der Waals surface area (Å²) in [5.41, 5.74) is 3.77. The van der Waals surface area contributed by atoms with Gasteiger partial charge in [-0.25, -0.2) is 10.4 Å². The molecule has 0 aliphatic carbocycles. The maximum atomic E-state index is 12.2. The molecule has 26 heavy (non-hydrogen) atoms. The molecule has 0 aliphatic rings. The fourth-order valence-corrected chi connectivity index (χ4v) is 3.21. The Labute approximate surface area is 154 Å². The molecule has 134 valence electrons. The van der Waals surface area contributed by atoms with E-state index in [4.69, 9.17) is 4.74 Å². The second-order valence-corrected chi connectivity index (χ2v) is 6.52. The Morgan fingerprint density at radius 2 is 2.12 bits per heavy atom. The summed E-state index contributed by atoms with van der Waals surface area (Å²) in [6.45, 7) is 1.72. The summed E-state index contributed by atoms with van der Waals surface area (Å²) in [4.78, 5) is 16.6. The zero-order valence-electron chi connectivity index (χ0n) is 14.3. The van der Waals surface area contributed by atoms with E-state index in [0.717, 1.165) is 10.2 Å². The van der Waals surface area contributed by atoms with Crippen molar-refractivity contribution in [1.82, 2.24) is 10.4 Å². The van der Waals surface area contributed by atoms with E-state index >= 15 is 0 Å². The number of para-hydroxylation sites is 2. The van der Waals surface area contributed by atoms with Crippen LogP contribution in [0.1, 0.15) is 12.5 Å². The number of phenols is 1. The normalized spacial score (nSPS) is 12.2. The quantitative estimate of drug-likeness (QED) is 0.458. The first-order valence-corrected chi connectivity index (χ1v) is 8.71. The van der Waals surface area contributed by atoms with Gasteiger partial charge in [-0.05, 0) is 31.2 Å². The molecule has 0 aliphatic heterocycles. The molecule has 1 amide bonds. The molecule has 1 aromatic heterocycles. The highest BCUT2D eigenvalue weighted by Crippen LogP contribution is 2.28. The molecule has 1 heterocycles. The lowest BCUT2D eigenvalue weighted by atomic mass is 10.2. The van der Waals surface area contributed by atoms with Gasteiger partial charge in [0.15, 0.2) is 16.6 Å². The molecule has 0 radical (unpaired) electrons. The second-order valence-electron chi connectivity index (χ2n) is 5.49. The number of hydrazone groups is 1. The summed E-state index contributed by atoms with van der Waals surface area (Å²) < 4.78 is 6.08. The van der Waals surface area contributed by atoms with Crippen LogP contribution >= 0.6 is 11.3 Å². The van der Waals surface area contributed by atoms with Crippen LogP contribution in [0.25, 0.3) is 10.2 Å². The minimum atomic E-state index is -0.522. The Bertz CT molecular complexity index is 922. The number of methoxy groups -OCH3 is 1. The average molecular weight is 370 g/mol. The summed E-state index contributed by atoms with van der Waals surface area (Å²) in [7, 11) is 1.47. The Balaban J connectivity index is 1.60. The number of aromatic hydroxyl groups is 1. The Hall–Kier alpha value is -3.13. The number of carbonyl (C=O) groups excluding carboxylic acids is 1. The number of amides is 1. The van der Waals surface area contributed by atoms with Crippen molar-refractivity contribution in [2.24, 2.45) is 5.10 Å². The number of ether oxygens (including phenoxy) is 1. The molecule has 3 N–H and O–H groups in total. The van der Waals surface area contributed by atoms with Crippen molar-refractivity contribution >= 4 is 38.8 Å². The lowest BCUT2D eigenvalue weighted by Crippen LogP contribution is -2.34. The third-order valence-electron chi connectivity index (χ3n) is 3.66. The van der Waals surface area contributed by atoms with Gasteiger partial charge in [-0.2, -0.15) is 5.10 Å². The van der Waals surface area contributed by atoms with Gasteiger partial charge in [0.25, 0.3) is 5.91 Å². The second kappa shape index (κ2) is 7.83. The topological polar surface area (TPSA) is 95.8 Å². The molecule has 8 heteroatoms. The van der Waals surface area contributed by atoms with Gasteiger partial charge in [0.1, 0.15) is 6.04 Å². The molecule has 1 atom stereocenters. The van der Waals surface area contributed by atoms with Crippen molar-refractivity contribution in [2.45, 2.75) is 13.0 Å². The van der Waals surface area contributed by atoms with Crippen molar-refractivity contribution in [3.8, 4) is 11.5 Å². The average Bonchev–Trinajstić information content (AvgIpc) is 3.05. The molecule has 3 rings (SSSR count). The van der Waals surface area contributed by atoms with E-state index in [1.807, 2.05) is 24.3 Å². The van der Waals surface area contributed by atoms with Gasteiger partial charge in [0, 0.05) is 5.56 Å². The molecule has 2 aromatic carbocycles. The zero-order chi connectivity index (χ0) is 18.5. The molecule has 3 aromatic rings. The number of carbonyl (C=O) groups is 1. The minimum absolute atomic E-state index is 0.0337. The van der Waals surface area contributed by atoms with Gasteiger partial charge in [-0.1, -0.05) is 29.5 Å².